The Morgan fingerprint density at radius 2 is 2.50 bits per heavy atom. The molecule has 6 heteroatoms. The minimum atomic E-state index is -0.961. The molecule has 0 aromatic carbocycles. The maximum Gasteiger partial charge on any atom is 0.341 e. The number of hydrogen-bond donors (Lipinski definition) is 1. The van der Waals surface area contributed by atoms with Crippen LogP contribution in [-0.2, 0) is 0 Å². The van der Waals surface area contributed by atoms with Crippen LogP contribution in [0.1, 0.15) is 23.2 Å². The fraction of sp³-hybridized carbons (Fsp3) is 0.583. The van der Waals surface area contributed by atoms with Gasteiger partial charge in [-0.15, -0.1) is 0 Å². The molecule has 18 heavy (non-hydrogen) atoms. The number of carboxylic acids is 1. The molecule has 1 aliphatic rings. The zero-order chi connectivity index (χ0) is 13.0. The molecule has 1 aromatic rings. The molecule has 1 saturated heterocycles. The largest absolute Gasteiger partial charge is 0.477 e. The van der Waals surface area contributed by atoms with Gasteiger partial charge in [-0.3, -0.25) is 0 Å². The Morgan fingerprint density at radius 1 is 1.67 bits per heavy atom. The number of aromatic nitrogens is 2. The molecule has 0 amide bonds. The van der Waals surface area contributed by atoms with Gasteiger partial charge in [-0.05, 0) is 30.8 Å². The van der Waals surface area contributed by atoms with E-state index in [9.17, 15) is 4.79 Å². The Balaban J connectivity index is 2.18. The number of rotatable bonds is 4. The van der Waals surface area contributed by atoms with Crippen LogP contribution in [0.15, 0.2) is 12.5 Å². The molecule has 2 rings (SSSR count). The summed E-state index contributed by atoms with van der Waals surface area (Å²) >= 11 is 1.84. The van der Waals surface area contributed by atoms with E-state index in [1.54, 1.807) is 0 Å². The predicted molar refractivity (Wildman–Crippen MR) is 72.3 cm³/mol. The van der Waals surface area contributed by atoms with Crippen LogP contribution >= 0.6 is 11.8 Å². The number of nitrogens with zero attached hydrogens (tertiary/aromatic N) is 3. The van der Waals surface area contributed by atoms with Crippen molar-refractivity contribution in [2.24, 2.45) is 5.92 Å². The Morgan fingerprint density at radius 3 is 3.22 bits per heavy atom. The van der Waals surface area contributed by atoms with Crippen LogP contribution < -0.4 is 4.90 Å². The fourth-order valence-corrected chi connectivity index (χ4v) is 3.10. The number of aromatic carboxylic acids is 1. The quantitative estimate of drug-likeness (QED) is 0.896. The van der Waals surface area contributed by atoms with E-state index in [1.807, 2.05) is 11.8 Å². The Kier molecular flexibility index (Phi) is 4.41. The van der Waals surface area contributed by atoms with Crippen molar-refractivity contribution in [2.75, 3.05) is 30.0 Å². The minimum absolute atomic E-state index is 0.197. The van der Waals surface area contributed by atoms with E-state index in [0.29, 0.717) is 11.7 Å². The first-order valence-electron chi connectivity index (χ1n) is 5.99. The van der Waals surface area contributed by atoms with Gasteiger partial charge in [-0.2, -0.15) is 11.8 Å². The van der Waals surface area contributed by atoms with Crippen LogP contribution in [0, 0.1) is 5.92 Å². The van der Waals surface area contributed by atoms with Gasteiger partial charge in [0.05, 0.1) is 0 Å². The lowest BCUT2D eigenvalue weighted by Crippen LogP contribution is -2.37. The zero-order valence-corrected chi connectivity index (χ0v) is 11.2. The second-order valence-corrected chi connectivity index (χ2v) is 5.39. The van der Waals surface area contributed by atoms with Crippen LogP contribution in [0.4, 0.5) is 5.82 Å². The van der Waals surface area contributed by atoms with E-state index in [2.05, 4.69) is 21.1 Å². The minimum Gasteiger partial charge on any atom is -0.477 e. The molecule has 0 bridgehead atoms. The monoisotopic (exact) mass is 267 g/mol. The van der Waals surface area contributed by atoms with Crippen molar-refractivity contribution in [3.05, 3.63) is 18.1 Å². The maximum atomic E-state index is 11.2. The molecule has 0 saturated carbocycles. The fourth-order valence-electron chi connectivity index (χ4n) is 2.36. The summed E-state index contributed by atoms with van der Waals surface area (Å²) in [5.41, 5.74) is 0.197. The van der Waals surface area contributed by atoms with E-state index in [1.165, 1.54) is 18.9 Å². The second kappa shape index (κ2) is 6.04. The number of carboxylic acid groups (broad SMARTS) is 1. The molecule has 1 aromatic heterocycles. The van der Waals surface area contributed by atoms with Crippen molar-refractivity contribution < 1.29 is 9.90 Å². The average Bonchev–Trinajstić information content (AvgIpc) is 2.39. The first-order chi connectivity index (χ1) is 8.72. The molecule has 5 nitrogen and oxygen atoms in total. The molecule has 1 aliphatic heterocycles. The highest BCUT2D eigenvalue weighted by Gasteiger charge is 2.24. The highest BCUT2D eigenvalue weighted by molar-refractivity contribution is 7.98. The lowest BCUT2D eigenvalue weighted by molar-refractivity contribution is 0.0696. The molecule has 1 N–H and O–H groups in total. The SMILES string of the molecule is CSC[C@@H]1CCCN(c2ncncc2C(=O)O)C1. The van der Waals surface area contributed by atoms with Crippen molar-refractivity contribution in [1.29, 1.82) is 0 Å². The smallest absolute Gasteiger partial charge is 0.341 e. The first-order valence-corrected chi connectivity index (χ1v) is 7.39. The molecule has 1 atom stereocenters. The Bertz CT molecular complexity index is 426. The molecule has 0 radical (unpaired) electrons. The van der Waals surface area contributed by atoms with E-state index < -0.39 is 5.97 Å². The van der Waals surface area contributed by atoms with Gasteiger partial charge in [0.25, 0.3) is 0 Å². The third-order valence-corrected chi connectivity index (χ3v) is 3.95. The molecule has 0 unspecified atom stereocenters. The van der Waals surface area contributed by atoms with E-state index in [0.717, 1.165) is 25.3 Å². The van der Waals surface area contributed by atoms with Gasteiger partial charge in [0.15, 0.2) is 0 Å². The van der Waals surface area contributed by atoms with Crippen LogP contribution in [0.2, 0.25) is 0 Å². The Labute approximate surface area is 111 Å². The van der Waals surface area contributed by atoms with Crippen LogP contribution in [0.25, 0.3) is 0 Å². The molecule has 98 valence electrons. The average molecular weight is 267 g/mol. The van der Waals surface area contributed by atoms with Gasteiger partial charge in [-0.1, -0.05) is 0 Å². The summed E-state index contributed by atoms with van der Waals surface area (Å²) in [4.78, 5) is 21.2. The number of piperidine rings is 1. The summed E-state index contributed by atoms with van der Waals surface area (Å²) < 4.78 is 0. The summed E-state index contributed by atoms with van der Waals surface area (Å²) in [6.45, 7) is 1.76. The standard InChI is InChI=1S/C12H17N3O2S/c1-18-7-9-3-2-4-15(6-9)11-10(12(16)17)5-13-8-14-11/h5,8-9H,2-4,6-7H2,1H3,(H,16,17)/t9-/m1/s1. The van der Waals surface area contributed by atoms with Gasteiger partial charge in [0.2, 0.25) is 0 Å². The van der Waals surface area contributed by atoms with E-state index in [4.69, 9.17) is 5.11 Å². The normalized spacial score (nSPS) is 19.8. The zero-order valence-electron chi connectivity index (χ0n) is 10.4. The third kappa shape index (κ3) is 2.93. The maximum absolute atomic E-state index is 11.2. The Hall–Kier alpha value is -1.30. The molecule has 0 spiro atoms. The van der Waals surface area contributed by atoms with Crippen LogP contribution in [0.3, 0.4) is 0 Å². The van der Waals surface area contributed by atoms with Crippen LogP contribution in [0.5, 0.6) is 0 Å². The molecular formula is C12H17N3O2S. The summed E-state index contributed by atoms with van der Waals surface area (Å²) in [5, 5.41) is 9.15. The molecular weight excluding hydrogens is 250 g/mol. The molecule has 2 heterocycles. The number of thioether (sulfide) groups is 1. The van der Waals surface area contributed by atoms with Crippen molar-refractivity contribution >= 4 is 23.5 Å². The topological polar surface area (TPSA) is 66.3 Å². The predicted octanol–water partition coefficient (Wildman–Crippen LogP) is 1.75. The second-order valence-electron chi connectivity index (χ2n) is 4.47. The van der Waals surface area contributed by atoms with E-state index >= 15 is 0 Å². The summed E-state index contributed by atoms with van der Waals surface area (Å²) in [5.74, 6) is 1.33. The highest BCUT2D eigenvalue weighted by atomic mass is 32.2. The summed E-state index contributed by atoms with van der Waals surface area (Å²) in [7, 11) is 0. The number of anilines is 1. The van der Waals surface area contributed by atoms with Gasteiger partial charge in [-0.25, -0.2) is 14.8 Å². The number of hydrogen-bond acceptors (Lipinski definition) is 5. The van der Waals surface area contributed by atoms with E-state index in [-0.39, 0.29) is 5.56 Å². The lowest BCUT2D eigenvalue weighted by atomic mass is 10.00. The van der Waals surface area contributed by atoms with Gasteiger partial charge >= 0.3 is 5.97 Å². The van der Waals surface area contributed by atoms with Gasteiger partial charge < -0.3 is 10.0 Å². The number of carbonyl (C=O) groups is 1. The van der Waals surface area contributed by atoms with Crippen molar-refractivity contribution in [3.63, 3.8) is 0 Å². The van der Waals surface area contributed by atoms with Crippen LogP contribution in [-0.4, -0.2) is 46.1 Å². The highest BCUT2D eigenvalue weighted by Crippen LogP contribution is 2.25. The van der Waals surface area contributed by atoms with Crippen molar-refractivity contribution in [1.82, 2.24) is 9.97 Å². The van der Waals surface area contributed by atoms with Gasteiger partial charge in [0, 0.05) is 19.3 Å². The third-order valence-electron chi connectivity index (χ3n) is 3.14. The van der Waals surface area contributed by atoms with Gasteiger partial charge in [0.1, 0.15) is 17.7 Å². The molecule has 0 aliphatic carbocycles. The van der Waals surface area contributed by atoms with Crippen molar-refractivity contribution in [2.45, 2.75) is 12.8 Å². The lowest BCUT2D eigenvalue weighted by Gasteiger charge is -2.33. The first kappa shape index (κ1) is 13.1. The summed E-state index contributed by atoms with van der Waals surface area (Å²) in [6.07, 6.45) is 7.20. The molecule has 1 fully saturated rings. The van der Waals surface area contributed by atoms with Crippen molar-refractivity contribution in [3.8, 4) is 0 Å². The summed E-state index contributed by atoms with van der Waals surface area (Å²) in [6, 6.07) is 0.